The number of ether oxygens (including phenoxy) is 2. The lowest BCUT2D eigenvalue weighted by molar-refractivity contribution is -0.146. The lowest BCUT2D eigenvalue weighted by Crippen LogP contribution is -2.69. The number of ketones is 1. The molecular formula is C42H66ClN5O8S. The van der Waals surface area contributed by atoms with Gasteiger partial charge in [0.05, 0.1) is 40.6 Å². The lowest BCUT2D eigenvalue weighted by atomic mass is 9.67. The fraction of sp³-hybridized carbons (Fsp3) is 0.690. The second kappa shape index (κ2) is 22.6. The maximum Gasteiger partial charge on any atom is 0.508 e. The summed E-state index contributed by atoms with van der Waals surface area (Å²) in [6.07, 6.45) is 8.18. The highest BCUT2D eigenvalue weighted by Crippen LogP contribution is 2.36. The number of aromatic amines is 1. The van der Waals surface area contributed by atoms with Crippen LogP contribution in [0.3, 0.4) is 0 Å². The minimum absolute atomic E-state index is 0.0181. The number of halogens is 1. The number of carbonyl (C=O) groups is 4. The SMILES string of the molecule is CCCCNC(=O)[C@](N)(C(C)C)[C@H](C(=O)[C@H](Cc1cnc[nH]1)NC(=O)C(Cc1ccccc1)CS(=O)(=O)C(C)(C)C)[C@H](CCC1CCCCC1)OC(=O)OCCCl. The molecule has 1 aliphatic rings. The number of rotatable bonds is 23. The molecule has 15 heteroatoms. The number of nitrogens with zero attached hydrogens (tertiary/aromatic N) is 1. The number of nitrogens with two attached hydrogens (primary N) is 1. The third-order valence-electron chi connectivity index (χ3n) is 11.2. The van der Waals surface area contributed by atoms with Gasteiger partial charge in [-0.2, -0.15) is 0 Å². The molecule has 0 saturated heterocycles. The number of aromatic nitrogens is 2. The molecule has 1 unspecified atom stereocenters. The maximum atomic E-state index is 15.5. The van der Waals surface area contributed by atoms with Crippen molar-refractivity contribution in [3.8, 4) is 0 Å². The molecule has 1 fully saturated rings. The van der Waals surface area contributed by atoms with E-state index in [-0.39, 0.29) is 31.7 Å². The number of unbranched alkanes of at least 4 members (excludes halogenated alkanes) is 1. The van der Waals surface area contributed by atoms with E-state index >= 15 is 4.79 Å². The van der Waals surface area contributed by atoms with E-state index in [4.69, 9.17) is 26.8 Å². The van der Waals surface area contributed by atoms with Crippen molar-refractivity contribution in [1.82, 2.24) is 20.6 Å². The van der Waals surface area contributed by atoms with E-state index in [1.165, 1.54) is 12.5 Å². The van der Waals surface area contributed by atoms with Gasteiger partial charge in [0.15, 0.2) is 15.6 Å². The van der Waals surface area contributed by atoms with Crippen molar-refractivity contribution >= 4 is 45.2 Å². The highest BCUT2D eigenvalue weighted by molar-refractivity contribution is 7.92. The fourth-order valence-electron chi connectivity index (χ4n) is 7.46. The average Bonchev–Trinajstić information content (AvgIpc) is 3.69. The average molecular weight is 837 g/mol. The predicted octanol–water partition coefficient (Wildman–Crippen LogP) is 6.09. The van der Waals surface area contributed by atoms with Gasteiger partial charge in [0.1, 0.15) is 18.2 Å². The zero-order valence-electron chi connectivity index (χ0n) is 34.7. The summed E-state index contributed by atoms with van der Waals surface area (Å²) in [6, 6.07) is 7.72. The van der Waals surface area contributed by atoms with Crippen LogP contribution < -0.4 is 16.4 Å². The van der Waals surface area contributed by atoms with Crippen LogP contribution in [0.5, 0.6) is 0 Å². The molecule has 57 heavy (non-hydrogen) atoms. The number of amides is 2. The summed E-state index contributed by atoms with van der Waals surface area (Å²) in [7, 11) is -3.81. The molecular weight excluding hydrogens is 770 g/mol. The minimum atomic E-state index is -3.81. The van der Waals surface area contributed by atoms with Gasteiger partial charge in [-0.25, -0.2) is 18.2 Å². The van der Waals surface area contributed by atoms with Gasteiger partial charge in [-0.1, -0.05) is 89.6 Å². The van der Waals surface area contributed by atoms with Crippen LogP contribution in [0.4, 0.5) is 4.79 Å². The summed E-state index contributed by atoms with van der Waals surface area (Å²) < 4.78 is 37.3. The van der Waals surface area contributed by atoms with Crippen molar-refractivity contribution < 1.29 is 37.1 Å². The molecule has 0 bridgehead atoms. The van der Waals surface area contributed by atoms with Crippen LogP contribution >= 0.6 is 11.6 Å². The molecule has 0 aliphatic heterocycles. The number of hydrogen-bond acceptors (Lipinski definition) is 10. The van der Waals surface area contributed by atoms with E-state index in [9.17, 15) is 22.8 Å². The Kier molecular flexibility index (Phi) is 19.0. The van der Waals surface area contributed by atoms with Gasteiger partial charge in [0.2, 0.25) is 11.8 Å². The van der Waals surface area contributed by atoms with Crippen LogP contribution in [0.15, 0.2) is 42.9 Å². The number of Topliss-reactive ketones (excluding diaryl/α,β-unsaturated/α-hetero) is 1. The summed E-state index contributed by atoms with van der Waals surface area (Å²) in [5.74, 6) is -5.24. The van der Waals surface area contributed by atoms with Gasteiger partial charge in [-0.15, -0.1) is 11.6 Å². The molecule has 13 nitrogen and oxygen atoms in total. The first-order valence-electron chi connectivity index (χ1n) is 20.5. The summed E-state index contributed by atoms with van der Waals surface area (Å²) in [5.41, 5.74) is 6.55. The number of sulfone groups is 1. The molecule has 5 atom stereocenters. The molecule has 320 valence electrons. The third-order valence-corrected chi connectivity index (χ3v) is 14.0. The maximum absolute atomic E-state index is 15.5. The normalized spacial score (nSPS) is 17.1. The summed E-state index contributed by atoms with van der Waals surface area (Å²) in [5, 5.41) is 5.83. The van der Waals surface area contributed by atoms with Crippen molar-refractivity contribution in [2.24, 2.45) is 29.4 Å². The predicted molar refractivity (Wildman–Crippen MR) is 222 cm³/mol. The van der Waals surface area contributed by atoms with Gasteiger partial charge >= 0.3 is 6.16 Å². The number of hydrogen-bond donors (Lipinski definition) is 4. The van der Waals surface area contributed by atoms with Gasteiger partial charge < -0.3 is 30.8 Å². The topological polar surface area (TPSA) is 200 Å². The van der Waals surface area contributed by atoms with Crippen molar-refractivity contribution in [2.75, 3.05) is 24.8 Å². The van der Waals surface area contributed by atoms with Gasteiger partial charge in [0.25, 0.3) is 0 Å². The molecule has 2 aromatic rings. The highest BCUT2D eigenvalue weighted by Gasteiger charge is 2.54. The van der Waals surface area contributed by atoms with Crippen molar-refractivity contribution in [3.05, 3.63) is 54.1 Å². The van der Waals surface area contributed by atoms with Crippen molar-refractivity contribution in [2.45, 2.75) is 135 Å². The molecule has 1 aromatic heterocycles. The van der Waals surface area contributed by atoms with E-state index in [0.717, 1.165) is 44.1 Å². The molecule has 1 aromatic carbocycles. The van der Waals surface area contributed by atoms with Crippen LogP contribution in [0.1, 0.15) is 111 Å². The van der Waals surface area contributed by atoms with Gasteiger partial charge in [-0.3, -0.25) is 14.4 Å². The molecule has 2 amide bonds. The molecule has 1 aliphatic carbocycles. The van der Waals surface area contributed by atoms with Gasteiger partial charge in [-0.05, 0) is 63.9 Å². The zero-order valence-corrected chi connectivity index (χ0v) is 36.3. The molecule has 0 radical (unpaired) electrons. The quantitative estimate of drug-likeness (QED) is 0.0578. The van der Waals surface area contributed by atoms with Crippen LogP contribution in [-0.4, -0.2) is 89.4 Å². The fourth-order valence-corrected chi connectivity index (χ4v) is 8.83. The lowest BCUT2D eigenvalue weighted by Gasteiger charge is -2.43. The van der Waals surface area contributed by atoms with Crippen LogP contribution in [-0.2, 0) is 46.5 Å². The van der Waals surface area contributed by atoms with Crippen LogP contribution in [0.2, 0.25) is 0 Å². The van der Waals surface area contributed by atoms with Crippen LogP contribution in [0, 0.1) is 23.7 Å². The number of imidazole rings is 1. The van der Waals surface area contributed by atoms with Crippen LogP contribution in [0.25, 0.3) is 0 Å². The summed E-state index contributed by atoms with van der Waals surface area (Å²) >= 11 is 5.83. The number of H-pyrrole nitrogens is 1. The van der Waals surface area contributed by atoms with Gasteiger partial charge in [0, 0.05) is 24.9 Å². The van der Waals surface area contributed by atoms with Crippen molar-refractivity contribution in [3.63, 3.8) is 0 Å². The Bertz CT molecular complexity index is 1660. The van der Waals surface area contributed by atoms with E-state index < -0.39 is 79.5 Å². The number of alkyl halides is 1. The first-order valence-corrected chi connectivity index (χ1v) is 22.7. The largest absolute Gasteiger partial charge is 0.508 e. The number of nitrogens with one attached hydrogen (secondary N) is 3. The molecule has 3 rings (SSSR count). The first-order chi connectivity index (χ1) is 26.9. The second-order valence-electron chi connectivity index (χ2n) is 16.7. The minimum Gasteiger partial charge on any atom is -0.433 e. The monoisotopic (exact) mass is 835 g/mol. The Morgan fingerprint density at radius 1 is 1.05 bits per heavy atom. The first kappa shape index (κ1) is 47.9. The smallest absolute Gasteiger partial charge is 0.433 e. The molecule has 1 heterocycles. The van der Waals surface area contributed by atoms with E-state index in [1.807, 2.05) is 37.3 Å². The Morgan fingerprint density at radius 2 is 1.74 bits per heavy atom. The van der Waals surface area contributed by atoms with Crippen molar-refractivity contribution in [1.29, 1.82) is 0 Å². The number of benzene rings is 1. The second-order valence-corrected chi connectivity index (χ2v) is 19.9. The Hall–Kier alpha value is -3.49. The summed E-state index contributed by atoms with van der Waals surface area (Å²) in [6.45, 7) is 10.4. The molecule has 1 saturated carbocycles. The Labute approximate surface area is 344 Å². The van der Waals surface area contributed by atoms with E-state index in [1.54, 1.807) is 34.6 Å². The molecule has 5 N–H and O–H groups in total. The third kappa shape index (κ3) is 14.1. The Balaban J connectivity index is 2.19. The standard InChI is InChI=1S/C42H66ClN5O8S/c1-7-8-22-46-39(51)42(44,29(2)3)36(35(56-40(52)55-23-21-43)20-19-30-15-11-9-12-16-30)37(49)34(25-33-26-45-28-47-33)48-38(50)32(24-31-17-13-10-14-18-31)27-57(53,54)41(4,5)6/h10,13-14,17-18,26,28-30,32,34-36H,7-9,11-12,15-16,19-25,27,44H2,1-6H3,(H,45,47)(H,46,51)(H,48,50)/t32?,34-,35-,36-,42-/m0/s1. The molecule has 0 spiro atoms. The summed E-state index contributed by atoms with van der Waals surface area (Å²) in [4.78, 5) is 64.8. The zero-order chi connectivity index (χ0) is 42.2. The Morgan fingerprint density at radius 3 is 2.32 bits per heavy atom. The van der Waals surface area contributed by atoms with E-state index in [2.05, 4.69) is 20.6 Å². The van der Waals surface area contributed by atoms with E-state index in [0.29, 0.717) is 31.0 Å². The highest BCUT2D eigenvalue weighted by atomic mass is 35.5. The number of carbonyl (C=O) groups excluding carboxylic acids is 4.